The molecule has 0 unspecified atom stereocenters. The van der Waals surface area contributed by atoms with Gasteiger partial charge < -0.3 is 21.1 Å². The van der Waals surface area contributed by atoms with Gasteiger partial charge in [-0.3, -0.25) is 9.69 Å². The Morgan fingerprint density at radius 3 is 2.35 bits per heavy atom. The zero-order valence-electron chi connectivity index (χ0n) is 24.5. The maximum atomic E-state index is 14.1. The van der Waals surface area contributed by atoms with Crippen molar-refractivity contribution in [3.8, 4) is 11.3 Å². The largest absolute Gasteiger partial charge is 0.481 e. The van der Waals surface area contributed by atoms with Crippen molar-refractivity contribution in [1.29, 1.82) is 0 Å². The van der Waals surface area contributed by atoms with Crippen LogP contribution >= 0.6 is 11.6 Å². The summed E-state index contributed by atoms with van der Waals surface area (Å²) in [6.45, 7) is 5.98. The summed E-state index contributed by atoms with van der Waals surface area (Å²) in [7, 11) is 2.20. The van der Waals surface area contributed by atoms with E-state index in [4.69, 9.17) is 32.3 Å². The average Bonchev–Trinajstić information content (AvgIpc) is 3.38. The first-order valence-corrected chi connectivity index (χ1v) is 15.0. The number of nitrogens with two attached hydrogens (primary N) is 1. The monoisotopic (exact) mass is 608 g/mol. The van der Waals surface area contributed by atoms with E-state index in [1.54, 1.807) is 12.1 Å². The van der Waals surface area contributed by atoms with Crippen LogP contribution in [0.5, 0.6) is 0 Å². The molecule has 2 aromatic carbocycles. The minimum atomic E-state index is -0.833. The first-order valence-electron chi connectivity index (χ1n) is 14.6. The molecule has 43 heavy (non-hydrogen) atoms. The smallest absolute Gasteiger partial charge is 0.300 e. The second kappa shape index (κ2) is 13.7. The Kier molecular flexibility index (Phi) is 9.74. The Labute approximate surface area is 255 Å². The molecule has 10 nitrogen and oxygen atoms in total. The molecule has 2 fully saturated rings. The molecule has 3 heterocycles. The van der Waals surface area contributed by atoms with Crippen molar-refractivity contribution >= 4 is 40.1 Å². The van der Waals surface area contributed by atoms with Gasteiger partial charge >= 0.3 is 0 Å². The maximum absolute atomic E-state index is 14.1. The zero-order valence-corrected chi connectivity index (χ0v) is 25.3. The number of nitrogen functional groups attached to an aromatic ring is 1. The number of carboxylic acid groups (broad SMARTS) is 1. The van der Waals surface area contributed by atoms with Crippen LogP contribution in [0.1, 0.15) is 44.2 Å². The summed E-state index contributed by atoms with van der Waals surface area (Å²) in [5, 5.41) is 16.9. The normalized spacial score (nSPS) is 19.5. The van der Waals surface area contributed by atoms with E-state index in [1.807, 2.05) is 24.3 Å². The summed E-state index contributed by atoms with van der Waals surface area (Å²) in [6, 6.07) is 13.5. The molecule has 4 N–H and O–H groups in total. The number of anilines is 2. The number of carboxylic acids is 1. The number of aliphatic carboxylic acids is 1. The number of piperazine rings is 1. The van der Waals surface area contributed by atoms with Crippen molar-refractivity contribution in [2.24, 2.45) is 0 Å². The van der Waals surface area contributed by atoms with E-state index < -0.39 is 5.97 Å². The van der Waals surface area contributed by atoms with Gasteiger partial charge in [0.15, 0.2) is 5.65 Å². The standard InChI is InChI=1S/C29H34ClFN8.C2H4O2/c1-37-13-15-38(16-14-37)21-9-11-22(12-10-21)39-29-26(28(32)34-18-35-29)27(36-39)19-5-7-20(8-6-19)33-17-23-24(30)3-2-4-25(23)31;1-2(3)4/h2-8,18,21-22,33H,9-17H2,1H3,(H2,32,34,35);1H3,(H,3,4). The van der Waals surface area contributed by atoms with Gasteiger partial charge in [0.2, 0.25) is 0 Å². The highest BCUT2D eigenvalue weighted by atomic mass is 35.5. The number of carbonyl (C=O) groups is 1. The maximum Gasteiger partial charge on any atom is 0.300 e. The quantitative estimate of drug-likeness (QED) is 0.267. The molecule has 0 spiro atoms. The van der Waals surface area contributed by atoms with Crippen LogP contribution < -0.4 is 11.1 Å². The molecule has 0 atom stereocenters. The van der Waals surface area contributed by atoms with Gasteiger partial charge in [0.05, 0.1) is 11.4 Å². The van der Waals surface area contributed by atoms with Crippen LogP contribution in [0, 0.1) is 5.82 Å². The van der Waals surface area contributed by atoms with E-state index in [9.17, 15) is 4.39 Å². The fourth-order valence-corrected chi connectivity index (χ4v) is 6.17. The predicted molar refractivity (Wildman–Crippen MR) is 168 cm³/mol. The number of fused-ring (bicyclic) bond motifs is 1. The molecule has 12 heteroatoms. The molecular formula is C31H38ClFN8O2. The molecule has 228 valence electrons. The minimum Gasteiger partial charge on any atom is -0.481 e. The third-order valence-corrected chi connectivity index (χ3v) is 8.63. The van der Waals surface area contributed by atoms with Crippen LogP contribution in [-0.2, 0) is 11.3 Å². The van der Waals surface area contributed by atoms with Crippen molar-refractivity contribution in [3.05, 3.63) is 65.2 Å². The van der Waals surface area contributed by atoms with Gasteiger partial charge in [-0.1, -0.05) is 29.8 Å². The fraction of sp³-hybridized carbons (Fsp3) is 0.419. The minimum absolute atomic E-state index is 0.283. The van der Waals surface area contributed by atoms with Crippen molar-refractivity contribution in [1.82, 2.24) is 29.5 Å². The highest BCUT2D eigenvalue weighted by Gasteiger charge is 2.30. The third-order valence-electron chi connectivity index (χ3n) is 8.27. The fourth-order valence-electron chi connectivity index (χ4n) is 5.94. The number of nitrogens with zero attached hydrogens (tertiary/aromatic N) is 6. The van der Waals surface area contributed by atoms with E-state index >= 15 is 0 Å². The van der Waals surface area contributed by atoms with Crippen molar-refractivity contribution in [2.45, 2.75) is 51.2 Å². The average molecular weight is 609 g/mol. The third kappa shape index (κ3) is 7.23. The summed E-state index contributed by atoms with van der Waals surface area (Å²) in [5.41, 5.74) is 10.2. The number of likely N-dealkylation sites (N-methyl/N-ethyl adjacent to an activating group) is 1. The second-order valence-electron chi connectivity index (χ2n) is 11.2. The van der Waals surface area contributed by atoms with Crippen LogP contribution in [0.4, 0.5) is 15.9 Å². The first kappa shape index (κ1) is 30.7. The van der Waals surface area contributed by atoms with Crippen LogP contribution in [-0.4, -0.2) is 79.9 Å². The van der Waals surface area contributed by atoms with E-state index in [-0.39, 0.29) is 11.9 Å². The molecule has 1 saturated heterocycles. The molecule has 2 aromatic heterocycles. The van der Waals surface area contributed by atoms with Crippen molar-refractivity contribution in [3.63, 3.8) is 0 Å². The second-order valence-corrected chi connectivity index (χ2v) is 11.6. The van der Waals surface area contributed by atoms with Gasteiger partial charge in [-0.25, -0.2) is 19.0 Å². The van der Waals surface area contributed by atoms with E-state index in [0.717, 1.165) is 86.8 Å². The lowest BCUT2D eigenvalue weighted by Gasteiger charge is -2.41. The summed E-state index contributed by atoms with van der Waals surface area (Å²) < 4.78 is 16.2. The zero-order chi connectivity index (χ0) is 30.5. The number of aromatic nitrogens is 4. The summed E-state index contributed by atoms with van der Waals surface area (Å²) in [6.07, 6.45) is 5.99. The number of hydrogen-bond acceptors (Lipinski definition) is 8. The molecule has 1 aliphatic heterocycles. The van der Waals surface area contributed by atoms with Crippen LogP contribution in [0.15, 0.2) is 48.8 Å². The van der Waals surface area contributed by atoms with Crippen LogP contribution in [0.3, 0.4) is 0 Å². The SMILES string of the molecule is CC(=O)O.CN1CCN(C2CCC(n3nc(-c4ccc(NCc5c(F)cccc5Cl)cc4)c4c(N)ncnc43)CC2)CC1. The Morgan fingerprint density at radius 1 is 1.05 bits per heavy atom. The Bertz CT molecular complexity index is 1520. The molecule has 6 rings (SSSR count). The molecule has 1 saturated carbocycles. The summed E-state index contributed by atoms with van der Waals surface area (Å²) in [4.78, 5) is 23.0. The Balaban J connectivity index is 0.000000868. The lowest BCUT2D eigenvalue weighted by atomic mass is 9.90. The number of hydrogen-bond donors (Lipinski definition) is 3. The highest BCUT2D eigenvalue weighted by molar-refractivity contribution is 6.31. The Morgan fingerprint density at radius 2 is 1.70 bits per heavy atom. The van der Waals surface area contributed by atoms with Crippen LogP contribution in [0.2, 0.25) is 5.02 Å². The summed E-state index contributed by atoms with van der Waals surface area (Å²) >= 11 is 6.17. The predicted octanol–water partition coefficient (Wildman–Crippen LogP) is 5.30. The number of nitrogens with one attached hydrogen (secondary N) is 1. The molecular weight excluding hydrogens is 571 g/mol. The van der Waals surface area contributed by atoms with E-state index in [2.05, 4.69) is 36.8 Å². The van der Waals surface area contributed by atoms with Crippen molar-refractivity contribution < 1.29 is 14.3 Å². The van der Waals surface area contributed by atoms with E-state index in [1.165, 1.54) is 12.4 Å². The molecule has 2 aliphatic rings. The van der Waals surface area contributed by atoms with Gasteiger partial charge in [0, 0.05) is 67.5 Å². The first-order chi connectivity index (χ1) is 20.7. The van der Waals surface area contributed by atoms with Gasteiger partial charge in [-0.15, -0.1) is 0 Å². The number of rotatable bonds is 6. The summed E-state index contributed by atoms with van der Waals surface area (Å²) in [5.74, 6) is -0.722. The Hall–Kier alpha value is -3.80. The molecule has 0 radical (unpaired) electrons. The topological polar surface area (TPSA) is 125 Å². The lowest BCUT2D eigenvalue weighted by molar-refractivity contribution is -0.134. The lowest BCUT2D eigenvalue weighted by Crippen LogP contribution is -2.49. The van der Waals surface area contributed by atoms with Crippen LogP contribution in [0.25, 0.3) is 22.3 Å². The molecule has 0 bridgehead atoms. The van der Waals surface area contributed by atoms with Crippen molar-refractivity contribution in [2.75, 3.05) is 44.3 Å². The molecule has 1 aliphatic carbocycles. The van der Waals surface area contributed by atoms with Gasteiger partial charge in [-0.2, -0.15) is 5.10 Å². The number of halogens is 2. The molecule has 4 aromatic rings. The van der Waals surface area contributed by atoms with Gasteiger partial charge in [0.1, 0.15) is 23.7 Å². The van der Waals surface area contributed by atoms with Gasteiger partial charge in [0.25, 0.3) is 5.97 Å². The van der Waals surface area contributed by atoms with Gasteiger partial charge in [-0.05, 0) is 57.0 Å². The van der Waals surface area contributed by atoms with E-state index in [0.29, 0.717) is 29.0 Å². The molecule has 0 amide bonds. The number of benzene rings is 2. The highest BCUT2D eigenvalue weighted by Crippen LogP contribution is 2.37.